The van der Waals surface area contributed by atoms with Crippen LogP contribution < -0.4 is 5.19 Å². The van der Waals surface area contributed by atoms with Crippen LogP contribution in [0.15, 0.2) is 176 Å². The third kappa shape index (κ3) is 4.99. The molecule has 0 radical (unpaired) electrons. The molecule has 1 saturated carbocycles. The summed E-state index contributed by atoms with van der Waals surface area (Å²) in [5.41, 5.74) is 27.3. The Bertz CT molecular complexity index is 4170. The number of rotatable bonds is 3. The molecule has 1 heteroatoms. The molecule has 0 aromatic heterocycles. The summed E-state index contributed by atoms with van der Waals surface area (Å²) >= 11 is 0. The van der Waals surface area contributed by atoms with E-state index in [1.165, 1.54) is 129 Å². The minimum absolute atomic E-state index is 0.000636. The molecule has 0 N–H and O–H groups in total. The van der Waals surface area contributed by atoms with Gasteiger partial charge in [-0.05, 0) is 206 Å². The van der Waals surface area contributed by atoms with Gasteiger partial charge in [-0.1, -0.05) is 201 Å². The zero-order valence-electron chi connectivity index (χ0n) is 41.5. The van der Waals surface area contributed by atoms with Crippen molar-refractivity contribution in [3.63, 3.8) is 0 Å². The first-order chi connectivity index (χ1) is 35.4. The molecule has 0 amide bonds. The van der Waals surface area contributed by atoms with Crippen molar-refractivity contribution in [2.75, 3.05) is 0 Å². The Morgan fingerprint density at radius 3 is 2.07 bits per heavy atom. The summed E-state index contributed by atoms with van der Waals surface area (Å²) in [6.07, 6.45) is 25.2. The van der Waals surface area contributed by atoms with E-state index in [0.29, 0.717) is 23.3 Å². The van der Waals surface area contributed by atoms with Gasteiger partial charge < -0.3 is 0 Å². The van der Waals surface area contributed by atoms with Crippen molar-refractivity contribution < 1.29 is 0 Å². The van der Waals surface area contributed by atoms with Gasteiger partial charge in [0.1, 0.15) is 0 Å². The highest BCUT2D eigenvalue weighted by Gasteiger charge is 2.51. The number of benzene rings is 9. The SMILES string of the molecule is CC12C=CC=CC1c1ccc(-c3c4ccccc4c(-c4ccc5c6c(cccc46)-c4ccccc4-5)c4cc5c(cc34)[Si](C)(C)C3CC(c4ccc6c7c(cccc47)C4=C6C=CCC4)CCC53)c3c1C2=CCC3. The average molecular weight is 937 g/mol. The fraction of sp³-hybridized carbons (Fsp3) is 0.211. The van der Waals surface area contributed by atoms with Crippen molar-refractivity contribution in [2.45, 2.75) is 88.3 Å². The molecule has 1 aliphatic heterocycles. The molecule has 7 aliphatic carbocycles. The van der Waals surface area contributed by atoms with Crippen LogP contribution in [-0.4, -0.2) is 8.07 Å². The molecule has 0 spiro atoms. The highest BCUT2D eigenvalue weighted by Crippen LogP contribution is 2.63. The lowest BCUT2D eigenvalue weighted by molar-refractivity contribution is 0.398. The van der Waals surface area contributed by atoms with Gasteiger partial charge in [-0.25, -0.2) is 0 Å². The molecule has 5 atom stereocenters. The highest BCUT2D eigenvalue weighted by molar-refractivity contribution is 6.92. The molecule has 8 aliphatic rings. The molecular weight excluding hydrogens is 881 g/mol. The predicted molar refractivity (Wildman–Crippen MR) is 309 cm³/mol. The van der Waals surface area contributed by atoms with Crippen LogP contribution in [-0.2, 0) is 6.42 Å². The van der Waals surface area contributed by atoms with E-state index >= 15 is 0 Å². The summed E-state index contributed by atoms with van der Waals surface area (Å²) < 4.78 is 0. The van der Waals surface area contributed by atoms with E-state index in [9.17, 15) is 0 Å². The molecule has 344 valence electrons. The Morgan fingerprint density at radius 2 is 1.21 bits per heavy atom. The Morgan fingerprint density at radius 1 is 0.528 bits per heavy atom. The second kappa shape index (κ2) is 14.1. The normalized spacial score (nSPS) is 24.0. The van der Waals surface area contributed by atoms with E-state index in [1.807, 2.05) is 0 Å². The molecule has 5 unspecified atom stereocenters. The molecule has 1 fully saturated rings. The Kier molecular flexibility index (Phi) is 7.95. The van der Waals surface area contributed by atoms with Crippen LogP contribution in [0.3, 0.4) is 0 Å². The standard InChI is InChI=1S/C71H56Si/c1-71-36-11-10-26-62(71)58-35-34-57(53-25-14-27-63(71)70(53)58)69-51-20-9-8-19-50(51)68(56-33-32-55-45-18-7-5-16-43(45)49-23-13-24-52(56)67(49)55)60-38-59-46-29-28-40(37-64(46)72(2,3)65(59)39-61(60)69)41-30-31-54-44-17-6-4-15-42(44)48-22-12-21-47(41)66(48)54/h5-13,16-24,26-27,30-36,38-40,46,62,64H,4,14-15,25,28-29,37H2,1-3H3. The maximum absolute atomic E-state index is 2.82. The summed E-state index contributed by atoms with van der Waals surface area (Å²) in [6, 6.07) is 53.6. The van der Waals surface area contributed by atoms with E-state index < -0.39 is 8.07 Å². The van der Waals surface area contributed by atoms with Gasteiger partial charge in [0.2, 0.25) is 0 Å². The fourth-order valence-electron chi connectivity index (χ4n) is 17.1. The molecule has 72 heavy (non-hydrogen) atoms. The molecular formula is C71H56Si. The molecule has 9 aromatic carbocycles. The quantitative estimate of drug-likeness (QED) is 0.122. The van der Waals surface area contributed by atoms with E-state index in [0.717, 1.165) is 25.7 Å². The van der Waals surface area contributed by atoms with E-state index in [1.54, 1.807) is 38.6 Å². The summed E-state index contributed by atoms with van der Waals surface area (Å²) in [5.74, 6) is 1.54. The van der Waals surface area contributed by atoms with Crippen molar-refractivity contribution in [3.8, 4) is 44.5 Å². The highest BCUT2D eigenvalue weighted by atomic mass is 28.3. The first-order valence-electron chi connectivity index (χ1n) is 27.2. The van der Waals surface area contributed by atoms with Crippen molar-refractivity contribution >= 4 is 73.1 Å². The lowest BCUT2D eigenvalue weighted by Crippen LogP contribution is -2.43. The van der Waals surface area contributed by atoms with Gasteiger partial charge in [0, 0.05) is 11.3 Å². The minimum atomic E-state index is -2.00. The van der Waals surface area contributed by atoms with Crippen LogP contribution in [0.1, 0.15) is 102 Å². The molecule has 0 saturated heterocycles. The van der Waals surface area contributed by atoms with E-state index in [-0.39, 0.29) is 5.41 Å². The lowest BCUT2D eigenvalue weighted by Gasteiger charge is -2.38. The van der Waals surface area contributed by atoms with E-state index in [4.69, 9.17) is 0 Å². The number of hydrogen-bond acceptors (Lipinski definition) is 0. The zero-order chi connectivity index (χ0) is 47.4. The maximum atomic E-state index is 2.82. The summed E-state index contributed by atoms with van der Waals surface area (Å²) in [6.45, 7) is 8.00. The third-order valence-electron chi connectivity index (χ3n) is 20.2. The summed E-state index contributed by atoms with van der Waals surface area (Å²) in [4.78, 5) is 0. The number of allylic oxidation sites excluding steroid dienone is 10. The van der Waals surface area contributed by atoms with Crippen LogP contribution in [0, 0.1) is 5.41 Å². The smallest absolute Gasteiger partial charge is 0.0836 e. The number of hydrogen-bond donors (Lipinski definition) is 0. The largest absolute Gasteiger partial charge is 0.0847 e. The summed E-state index contributed by atoms with van der Waals surface area (Å²) in [5, 5.41) is 13.2. The predicted octanol–water partition coefficient (Wildman–Crippen LogP) is 18.8. The topological polar surface area (TPSA) is 0 Å². The van der Waals surface area contributed by atoms with E-state index in [2.05, 4.69) is 196 Å². The second-order valence-corrected chi connectivity index (χ2v) is 28.4. The Hall–Kier alpha value is -7.06. The van der Waals surface area contributed by atoms with Crippen molar-refractivity contribution in [1.29, 1.82) is 0 Å². The van der Waals surface area contributed by atoms with Gasteiger partial charge in [-0.15, -0.1) is 0 Å². The monoisotopic (exact) mass is 936 g/mol. The van der Waals surface area contributed by atoms with Gasteiger partial charge >= 0.3 is 0 Å². The zero-order valence-corrected chi connectivity index (χ0v) is 42.5. The Labute approximate surface area is 423 Å². The van der Waals surface area contributed by atoms with Gasteiger partial charge in [-0.2, -0.15) is 0 Å². The van der Waals surface area contributed by atoms with Gasteiger partial charge in [-0.3, -0.25) is 0 Å². The van der Waals surface area contributed by atoms with Gasteiger partial charge in [0.05, 0.1) is 8.07 Å². The first-order valence-corrected chi connectivity index (χ1v) is 30.3. The van der Waals surface area contributed by atoms with Gasteiger partial charge in [0.15, 0.2) is 0 Å². The fourth-order valence-corrected chi connectivity index (χ4v) is 21.2. The lowest BCUT2D eigenvalue weighted by atomic mass is 9.72. The molecule has 9 aromatic rings. The maximum Gasteiger partial charge on any atom is 0.0847 e. The number of fused-ring (bicyclic) bond motifs is 13. The Balaban J connectivity index is 0.897. The van der Waals surface area contributed by atoms with Crippen molar-refractivity contribution in [1.82, 2.24) is 0 Å². The van der Waals surface area contributed by atoms with Crippen LogP contribution in [0.4, 0.5) is 0 Å². The van der Waals surface area contributed by atoms with Crippen LogP contribution in [0.5, 0.6) is 0 Å². The minimum Gasteiger partial charge on any atom is -0.0836 e. The van der Waals surface area contributed by atoms with Crippen LogP contribution in [0.2, 0.25) is 18.6 Å². The molecule has 1 heterocycles. The molecule has 17 rings (SSSR count). The molecule has 0 nitrogen and oxygen atoms in total. The second-order valence-electron chi connectivity index (χ2n) is 23.6. The van der Waals surface area contributed by atoms with Crippen molar-refractivity contribution in [2.24, 2.45) is 5.41 Å². The summed E-state index contributed by atoms with van der Waals surface area (Å²) in [7, 11) is -2.00. The van der Waals surface area contributed by atoms with Crippen molar-refractivity contribution in [3.05, 3.63) is 215 Å². The average Bonchev–Trinajstić information content (AvgIpc) is 4.09. The first kappa shape index (κ1) is 40.5. The van der Waals surface area contributed by atoms with Gasteiger partial charge in [0.25, 0.3) is 0 Å². The third-order valence-corrected chi connectivity index (χ3v) is 24.5. The van der Waals surface area contributed by atoms with Crippen LogP contribution in [0.25, 0.3) is 104 Å². The van der Waals surface area contributed by atoms with Crippen LogP contribution >= 0.6 is 0 Å². The molecule has 0 bridgehead atoms.